The van der Waals surface area contributed by atoms with Crippen LogP contribution in [-0.4, -0.2) is 28.8 Å². The molecule has 1 N–H and O–H groups in total. The lowest BCUT2D eigenvalue weighted by Gasteiger charge is -2.41. The smallest absolute Gasteiger partial charge is 0.246 e. The van der Waals surface area contributed by atoms with E-state index in [1.165, 1.54) is 0 Å². The Bertz CT molecular complexity index is 444. The number of piperazine rings is 1. The van der Waals surface area contributed by atoms with Gasteiger partial charge in [-0.05, 0) is 31.7 Å². The minimum atomic E-state index is -0.428. The van der Waals surface area contributed by atoms with Crippen LogP contribution in [0.5, 0.6) is 0 Å². The van der Waals surface area contributed by atoms with Crippen LogP contribution in [0.25, 0.3) is 0 Å². The molecule has 1 fully saturated rings. The van der Waals surface area contributed by atoms with Crippen molar-refractivity contribution in [3.63, 3.8) is 0 Å². The SMILES string of the molecule is CCC1C(=O)NC(C)C(=O)N1C(C)c1cccs1. The van der Waals surface area contributed by atoms with Crippen LogP contribution in [0.3, 0.4) is 0 Å². The van der Waals surface area contributed by atoms with Gasteiger partial charge in [0.25, 0.3) is 0 Å². The fraction of sp³-hybridized carbons (Fsp3) is 0.538. The molecule has 1 aliphatic heterocycles. The highest BCUT2D eigenvalue weighted by molar-refractivity contribution is 7.10. The van der Waals surface area contributed by atoms with Gasteiger partial charge in [-0.3, -0.25) is 9.59 Å². The first kappa shape index (κ1) is 13.1. The molecule has 98 valence electrons. The summed E-state index contributed by atoms with van der Waals surface area (Å²) in [5.41, 5.74) is 0. The Morgan fingerprint density at radius 1 is 1.50 bits per heavy atom. The molecule has 3 unspecified atom stereocenters. The van der Waals surface area contributed by atoms with Crippen LogP contribution in [0.4, 0.5) is 0 Å². The maximum atomic E-state index is 12.3. The van der Waals surface area contributed by atoms with E-state index in [1.807, 2.05) is 31.4 Å². The summed E-state index contributed by atoms with van der Waals surface area (Å²) in [5, 5.41) is 4.72. The molecular weight excluding hydrogens is 248 g/mol. The van der Waals surface area contributed by atoms with E-state index in [0.29, 0.717) is 6.42 Å². The van der Waals surface area contributed by atoms with Crippen LogP contribution in [0.1, 0.15) is 38.1 Å². The Morgan fingerprint density at radius 3 is 2.78 bits per heavy atom. The molecule has 0 saturated carbocycles. The Kier molecular flexibility index (Phi) is 3.71. The van der Waals surface area contributed by atoms with Crippen molar-refractivity contribution >= 4 is 23.2 Å². The summed E-state index contributed by atoms with van der Waals surface area (Å²) in [6, 6.07) is 3.14. The van der Waals surface area contributed by atoms with Crippen molar-refractivity contribution in [1.82, 2.24) is 10.2 Å². The molecule has 0 bridgehead atoms. The molecule has 18 heavy (non-hydrogen) atoms. The van der Waals surface area contributed by atoms with E-state index >= 15 is 0 Å². The Morgan fingerprint density at radius 2 is 2.22 bits per heavy atom. The van der Waals surface area contributed by atoms with E-state index in [0.717, 1.165) is 4.88 Å². The Hall–Kier alpha value is -1.36. The lowest BCUT2D eigenvalue weighted by Crippen LogP contribution is -2.62. The summed E-state index contributed by atoms with van der Waals surface area (Å²) in [6.07, 6.45) is 0.639. The third-order valence-corrected chi connectivity index (χ3v) is 4.42. The molecule has 1 aromatic rings. The monoisotopic (exact) mass is 266 g/mol. The van der Waals surface area contributed by atoms with Crippen LogP contribution < -0.4 is 5.32 Å². The van der Waals surface area contributed by atoms with E-state index in [1.54, 1.807) is 23.2 Å². The van der Waals surface area contributed by atoms with Crippen molar-refractivity contribution in [2.24, 2.45) is 0 Å². The Balaban J connectivity index is 2.31. The highest BCUT2D eigenvalue weighted by atomic mass is 32.1. The third-order valence-electron chi connectivity index (χ3n) is 3.38. The predicted molar refractivity (Wildman–Crippen MR) is 71.3 cm³/mol. The molecule has 0 spiro atoms. The minimum absolute atomic E-state index is 0.00218. The predicted octanol–water partition coefficient (Wildman–Crippen LogP) is 1.93. The van der Waals surface area contributed by atoms with Crippen molar-refractivity contribution in [1.29, 1.82) is 0 Å². The third kappa shape index (κ3) is 2.14. The standard InChI is InChI=1S/C13H18N2O2S/c1-4-10-12(16)14-8(2)13(17)15(10)9(3)11-6-5-7-18-11/h5-10H,4H2,1-3H3,(H,14,16). The summed E-state index contributed by atoms with van der Waals surface area (Å²) in [5.74, 6) is -0.0460. The van der Waals surface area contributed by atoms with E-state index in [9.17, 15) is 9.59 Å². The number of carbonyl (C=O) groups is 2. The minimum Gasteiger partial charge on any atom is -0.343 e. The zero-order valence-corrected chi connectivity index (χ0v) is 11.7. The van der Waals surface area contributed by atoms with Gasteiger partial charge in [0.1, 0.15) is 12.1 Å². The van der Waals surface area contributed by atoms with Crippen molar-refractivity contribution in [3.05, 3.63) is 22.4 Å². The highest BCUT2D eigenvalue weighted by Gasteiger charge is 2.40. The molecule has 1 saturated heterocycles. The average Bonchev–Trinajstić information content (AvgIpc) is 2.86. The van der Waals surface area contributed by atoms with Gasteiger partial charge in [0, 0.05) is 4.88 Å². The maximum Gasteiger partial charge on any atom is 0.246 e. The second-order valence-corrected chi connectivity index (χ2v) is 5.57. The van der Waals surface area contributed by atoms with Crippen molar-refractivity contribution in [3.8, 4) is 0 Å². The molecule has 0 aromatic carbocycles. The van der Waals surface area contributed by atoms with Gasteiger partial charge >= 0.3 is 0 Å². The molecule has 4 nitrogen and oxygen atoms in total. The second kappa shape index (κ2) is 5.10. The maximum absolute atomic E-state index is 12.3. The number of hydrogen-bond acceptors (Lipinski definition) is 3. The molecule has 1 aliphatic rings. The normalized spacial score (nSPS) is 26.1. The largest absolute Gasteiger partial charge is 0.343 e. The topological polar surface area (TPSA) is 49.4 Å². The van der Waals surface area contributed by atoms with Crippen molar-refractivity contribution in [2.45, 2.75) is 45.3 Å². The number of thiophene rings is 1. The first-order valence-electron chi connectivity index (χ1n) is 6.22. The lowest BCUT2D eigenvalue weighted by atomic mass is 10.0. The summed E-state index contributed by atoms with van der Waals surface area (Å²) in [7, 11) is 0. The van der Waals surface area contributed by atoms with E-state index in [2.05, 4.69) is 5.32 Å². The molecule has 2 rings (SSSR count). The van der Waals surface area contributed by atoms with Crippen LogP contribution >= 0.6 is 11.3 Å². The van der Waals surface area contributed by atoms with Gasteiger partial charge < -0.3 is 10.2 Å². The summed E-state index contributed by atoms with van der Waals surface area (Å²) in [4.78, 5) is 27.1. The quantitative estimate of drug-likeness (QED) is 0.909. The first-order valence-corrected chi connectivity index (χ1v) is 7.10. The van der Waals surface area contributed by atoms with Crippen LogP contribution in [0, 0.1) is 0 Å². The van der Waals surface area contributed by atoms with E-state index in [-0.39, 0.29) is 23.9 Å². The number of nitrogens with zero attached hydrogens (tertiary/aromatic N) is 1. The zero-order chi connectivity index (χ0) is 13.3. The van der Waals surface area contributed by atoms with Gasteiger partial charge in [0.2, 0.25) is 11.8 Å². The van der Waals surface area contributed by atoms with Gasteiger partial charge in [-0.15, -0.1) is 11.3 Å². The van der Waals surface area contributed by atoms with Gasteiger partial charge in [0.15, 0.2) is 0 Å². The molecule has 5 heteroatoms. The summed E-state index contributed by atoms with van der Waals surface area (Å²) < 4.78 is 0. The fourth-order valence-electron chi connectivity index (χ4n) is 2.38. The molecular formula is C13H18N2O2S. The molecule has 2 heterocycles. The number of carbonyl (C=O) groups excluding carboxylic acids is 2. The number of rotatable bonds is 3. The van der Waals surface area contributed by atoms with E-state index in [4.69, 9.17) is 0 Å². The van der Waals surface area contributed by atoms with Crippen LogP contribution in [-0.2, 0) is 9.59 Å². The van der Waals surface area contributed by atoms with Crippen molar-refractivity contribution < 1.29 is 9.59 Å². The number of hydrogen-bond donors (Lipinski definition) is 1. The molecule has 1 aromatic heterocycles. The molecule has 0 aliphatic carbocycles. The Labute approximate surface area is 111 Å². The number of nitrogens with one attached hydrogen (secondary N) is 1. The van der Waals surface area contributed by atoms with Crippen molar-refractivity contribution in [2.75, 3.05) is 0 Å². The molecule has 0 radical (unpaired) electrons. The second-order valence-electron chi connectivity index (χ2n) is 4.59. The van der Waals surface area contributed by atoms with Crippen LogP contribution in [0.15, 0.2) is 17.5 Å². The first-order chi connectivity index (χ1) is 8.56. The highest BCUT2D eigenvalue weighted by Crippen LogP contribution is 2.29. The van der Waals surface area contributed by atoms with Gasteiger partial charge in [-0.2, -0.15) is 0 Å². The van der Waals surface area contributed by atoms with Gasteiger partial charge in [-0.1, -0.05) is 13.0 Å². The van der Waals surface area contributed by atoms with Crippen LogP contribution in [0.2, 0.25) is 0 Å². The van der Waals surface area contributed by atoms with Gasteiger partial charge in [-0.25, -0.2) is 0 Å². The summed E-state index contributed by atoms with van der Waals surface area (Å²) in [6.45, 7) is 5.65. The average molecular weight is 266 g/mol. The number of amides is 2. The summed E-state index contributed by atoms with van der Waals surface area (Å²) >= 11 is 1.62. The van der Waals surface area contributed by atoms with E-state index < -0.39 is 6.04 Å². The fourth-order valence-corrected chi connectivity index (χ4v) is 3.17. The molecule has 2 amide bonds. The molecule has 3 atom stereocenters. The zero-order valence-electron chi connectivity index (χ0n) is 10.8. The van der Waals surface area contributed by atoms with Gasteiger partial charge in [0.05, 0.1) is 6.04 Å². The lowest BCUT2D eigenvalue weighted by molar-refractivity contribution is -0.151.